The van der Waals surface area contributed by atoms with Gasteiger partial charge < -0.3 is 10.6 Å². The number of rotatable bonds is 4. The third kappa shape index (κ3) is 5.88. The Morgan fingerprint density at radius 2 is 1.85 bits per heavy atom. The van der Waals surface area contributed by atoms with Gasteiger partial charge in [-0.2, -0.15) is 0 Å². The summed E-state index contributed by atoms with van der Waals surface area (Å²) in [6.45, 7) is 3.46. The maximum atomic E-state index is 10.4. The second-order valence-corrected chi connectivity index (χ2v) is 3.47. The predicted molar refractivity (Wildman–Crippen MR) is 56.0 cm³/mol. The number of carbonyl (C=O) groups is 1. The van der Waals surface area contributed by atoms with Gasteiger partial charge in [-0.1, -0.05) is 6.42 Å². The molecule has 1 rings (SSSR count). The van der Waals surface area contributed by atoms with Crippen LogP contribution in [0, 0.1) is 0 Å². The van der Waals surface area contributed by atoms with E-state index in [9.17, 15) is 4.79 Å². The average Bonchev–Trinajstić information content (AvgIpc) is 2.05. The fourth-order valence-corrected chi connectivity index (χ4v) is 1.66. The highest BCUT2D eigenvalue weighted by Crippen LogP contribution is 2.08. The number of amides is 1. The molecule has 0 aliphatic carbocycles. The Morgan fingerprint density at radius 1 is 1.23 bits per heavy atom. The minimum Gasteiger partial charge on any atom is -0.370 e. The number of nitrogens with zero attached hydrogens (tertiary/aromatic N) is 1. The standard InChI is InChI=1S/C9H18N2O.ClH/c10-9(12)5-4-8-11-6-2-1-3-7-11;/h1-8H2,(H2,10,12);1H. The molecule has 1 amide bonds. The first-order valence-corrected chi connectivity index (χ1v) is 4.80. The van der Waals surface area contributed by atoms with Crippen LogP contribution in [0.2, 0.25) is 0 Å². The van der Waals surface area contributed by atoms with Gasteiger partial charge in [-0.25, -0.2) is 0 Å². The van der Waals surface area contributed by atoms with Crippen molar-refractivity contribution in [3.8, 4) is 0 Å². The van der Waals surface area contributed by atoms with Crippen molar-refractivity contribution >= 4 is 18.3 Å². The highest BCUT2D eigenvalue weighted by molar-refractivity contribution is 5.85. The highest BCUT2D eigenvalue weighted by Gasteiger charge is 2.09. The lowest BCUT2D eigenvalue weighted by atomic mass is 10.1. The number of hydrogen-bond acceptors (Lipinski definition) is 2. The molecule has 4 heteroatoms. The van der Waals surface area contributed by atoms with Crippen molar-refractivity contribution in [1.29, 1.82) is 0 Å². The molecule has 0 radical (unpaired) electrons. The van der Waals surface area contributed by atoms with E-state index >= 15 is 0 Å². The van der Waals surface area contributed by atoms with E-state index in [1.165, 1.54) is 32.4 Å². The van der Waals surface area contributed by atoms with E-state index in [2.05, 4.69) is 4.90 Å². The zero-order chi connectivity index (χ0) is 8.81. The van der Waals surface area contributed by atoms with Crippen molar-refractivity contribution in [3.63, 3.8) is 0 Å². The second kappa shape index (κ2) is 7.15. The van der Waals surface area contributed by atoms with Crippen molar-refractivity contribution in [2.45, 2.75) is 32.1 Å². The van der Waals surface area contributed by atoms with Crippen molar-refractivity contribution in [1.82, 2.24) is 4.90 Å². The molecule has 2 N–H and O–H groups in total. The molecule has 1 aliphatic rings. The van der Waals surface area contributed by atoms with Crippen LogP contribution in [0.25, 0.3) is 0 Å². The summed E-state index contributed by atoms with van der Waals surface area (Å²) >= 11 is 0. The largest absolute Gasteiger partial charge is 0.370 e. The molecule has 0 aromatic rings. The first kappa shape index (κ1) is 12.7. The van der Waals surface area contributed by atoms with E-state index in [-0.39, 0.29) is 18.3 Å². The van der Waals surface area contributed by atoms with E-state index in [0.29, 0.717) is 6.42 Å². The minimum atomic E-state index is -0.174. The van der Waals surface area contributed by atoms with Gasteiger partial charge in [-0.3, -0.25) is 4.79 Å². The van der Waals surface area contributed by atoms with Gasteiger partial charge in [0.05, 0.1) is 0 Å². The lowest BCUT2D eigenvalue weighted by molar-refractivity contribution is -0.118. The molecule has 1 aliphatic heterocycles. The Hall–Kier alpha value is -0.280. The SMILES string of the molecule is Cl.NC(=O)CCCN1CCCCC1. The number of halogens is 1. The topological polar surface area (TPSA) is 46.3 Å². The fraction of sp³-hybridized carbons (Fsp3) is 0.889. The molecular formula is C9H19ClN2O. The number of piperidine rings is 1. The van der Waals surface area contributed by atoms with E-state index in [1.54, 1.807) is 0 Å². The van der Waals surface area contributed by atoms with Crippen LogP contribution >= 0.6 is 12.4 Å². The van der Waals surface area contributed by atoms with Crippen LogP contribution in [0.5, 0.6) is 0 Å². The third-order valence-corrected chi connectivity index (χ3v) is 2.35. The van der Waals surface area contributed by atoms with Crippen molar-refractivity contribution in [2.75, 3.05) is 19.6 Å². The fourth-order valence-electron chi connectivity index (χ4n) is 1.66. The molecule has 0 aromatic heterocycles. The zero-order valence-corrected chi connectivity index (χ0v) is 8.81. The first-order chi connectivity index (χ1) is 5.79. The molecule has 0 atom stereocenters. The molecule has 0 bridgehead atoms. The molecular weight excluding hydrogens is 188 g/mol. The van der Waals surface area contributed by atoms with Gasteiger partial charge in [0, 0.05) is 6.42 Å². The molecule has 0 spiro atoms. The number of hydrogen-bond donors (Lipinski definition) is 1. The van der Waals surface area contributed by atoms with Crippen LogP contribution in [0.1, 0.15) is 32.1 Å². The van der Waals surface area contributed by atoms with Gasteiger partial charge in [0.1, 0.15) is 0 Å². The summed E-state index contributed by atoms with van der Waals surface area (Å²) in [7, 11) is 0. The Kier molecular flexibility index (Phi) is 7.00. The van der Waals surface area contributed by atoms with Gasteiger partial charge in [-0.15, -0.1) is 12.4 Å². The molecule has 1 saturated heterocycles. The maximum Gasteiger partial charge on any atom is 0.217 e. The first-order valence-electron chi connectivity index (χ1n) is 4.80. The Morgan fingerprint density at radius 3 is 2.38 bits per heavy atom. The summed E-state index contributed by atoms with van der Waals surface area (Å²) < 4.78 is 0. The lowest BCUT2D eigenvalue weighted by Crippen LogP contribution is -2.31. The Labute approximate surface area is 86.1 Å². The molecule has 0 saturated carbocycles. The lowest BCUT2D eigenvalue weighted by Gasteiger charge is -2.25. The summed E-state index contributed by atoms with van der Waals surface area (Å²) in [6.07, 6.45) is 5.46. The van der Waals surface area contributed by atoms with E-state index in [0.717, 1.165) is 13.0 Å². The number of nitrogens with two attached hydrogens (primary N) is 1. The van der Waals surface area contributed by atoms with E-state index in [4.69, 9.17) is 5.73 Å². The van der Waals surface area contributed by atoms with Gasteiger partial charge in [0.25, 0.3) is 0 Å². The number of likely N-dealkylation sites (tertiary alicyclic amines) is 1. The summed E-state index contributed by atoms with van der Waals surface area (Å²) in [6, 6.07) is 0. The molecule has 78 valence electrons. The van der Waals surface area contributed by atoms with Crippen LogP contribution < -0.4 is 5.73 Å². The van der Waals surface area contributed by atoms with Crippen LogP contribution in [0.4, 0.5) is 0 Å². The molecule has 1 fully saturated rings. The van der Waals surface area contributed by atoms with E-state index < -0.39 is 0 Å². The Balaban J connectivity index is 0.00000144. The third-order valence-electron chi connectivity index (χ3n) is 2.35. The molecule has 1 heterocycles. The van der Waals surface area contributed by atoms with Gasteiger partial charge in [-0.05, 0) is 38.9 Å². The summed E-state index contributed by atoms with van der Waals surface area (Å²) in [5.74, 6) is -0.174. The average molecular weight is 207 g/mol. The van der Waals surface area contributed by atoms with Gasteiger partial charge in [0.2, 0.25) is 5.91 Å². The molecule has 0 aromatic carbocycles. The van der Waals surface area contributed by atoms with Crippen LogP contribution in [0.3, 0.4) is 0 Å². The van der Waals surface area contributed by atoms with E-state index in [1.807, 2.05) is 0 Å². The van der Waals surface area contributed by atoms with Gasteiger partial charge in [0.15, 0.2) is 0 Å². The van der Waals surface area contributed by atoms with Crippen molar-refractivity contribution in [2.24, 2.45) is 5.73 Å². The second-order valence-electron chi connectivity index (χ2n) is 3.47. The molecule has 3 nitrogen and oxygen atoms in total. The normalized spacial score (nSPS) is 17.8. The maximum absolute atomic E-state index is 10.4. The Bertz CT molecular complexity index is 147. The summed E-state index contributed by atoms with van der Waals surface area (Å²) in [5.41, 5.74) is 5.05. The van der Waals surface area contributed by atoms with Crippen LogP contribution in [-0.4, -0.2) is 30.4 Å². The highest BCUT2D eigenvalue weighted by atomic mass is 35.5. The van der Waals surface area contributed by atoms with Crippen molar-refractivity contribution in [3.05, 3.63) is 0 Å². The van der Waals surface area contributed by atoms with Gasteiger partial charge >= 0.3 is 0 Å². The van der Waals surface area contributed by atoms with Crippen LogP contribution in [-0.2, 0) is 4.79 Å². The smallest absolute Gasteiger partial charge is 0.217 e. The molecule has 13 heavy (non-hydrogen) atoms. The number of primary amides is 1. The number of carbonyl (C=O) groups excluding carboxylic acids is 1. The predicted octanol–water partition coefficient (Wildman–Crippen LogP) is 1.16. The zero-order valence-electron chi connectivity index (χ0n) is 8.00. The monoisotopic (exact) mass is 206 g/mol. The summed E-state index contributed by atoms with van der Waals surface area (Å²) in [4.78, 5) is 12.9. The molecule has 0 unspecified atom stereocenters. The van der Waals surface area contributed by atoms with Crippen LogP contribution in [0.15, 0.2) is 0 Å². The van der Waals surface area contributed by atoms with Crippen molar-refractivity contribution < 1.29 is 4.79 Å². The minimum absolute atomic E-state index is 0. The quantitative estimate of drug-likeness (QED) is 0.751. The summed E-state index contributed by atoms with van der Waals surface area (Å²) in [5, 5.41) is 0.